The van der Waals surface area contributed by atoms with E-state index in [-0.39, 0.29) is 12.0 Å². The Morgan fingerprint density at radius 2 is 2.21 bits per heavy atom. The van der Waals surface area contributed by atoms with Gasteiger partial charge in [0.2, 0.25) is 0 Å². The first-order valence-corrected chi connectivity index (χ1v) is 6.27. The van der Waals surface area contributed by atoms with Crippen molar-refractivity contribution in [2.45, 2.75) is 19.5 Å². The maximum Gasteiger partial charge on any atom is 0.255 e. The van der Waals surface area contributed by atoms with Crippen molar-refractivity contribution in [3.05, 3.63) is 62.0 Å². The topological polar surface area (TPSA) is 57.8 Å². The average Bonchev–Trinajstić information content (AvgIpc) is 2.83. The molecule has 19 heavy (non-hydrogen) atoms. The van der Waals surface area contributed by atoms with Crippen LogP contribution in [0, 0.1) is 5.82 Å². The summed E-state index contributed by atoms with van der Waals surface area (Å²) in [5.74, 6) is 0.0354. The van der Waals surface area contributed by atoms with Crippen LogP contribution in [0.3, 0.4) is 0 Å². The monoisotopic (exact) mass is 279 g/mol. The van der Waals surface area contributed by atoms with E-state index in [0.717, 1.165) is 5.69 Å². The van der Waals surface area contributed by atoms with Crippen molar-refractivity contribution >= 4 is 11.6 Å². The molecule has 0 spiro atoms. The first-order valence-electron chi connectivity index (χ1n) is 5.89. The molecule has 2 N–H and O–H groups in total. The fourth-order valence-electron chi connectivity index (χ4n) is 2.18. The van der Waals surface area contributed by atoms with Crippen molar-refractivity contribution in [2.75, 3.05) is 0 Å². The van der Waals surface area contributed by atoms with E-state index in [1.54, 1.807) is 12.1 Å². The molecule has 0 unspecified atom stereocenters. The molecular formula is C13H11ClFN3O. The Balaban J connectivity index is 2.01. The van der Waals surface area contributed by atoms with E-state index in [4.69, 9.17) is 11.6 Å². The summed E-state index contributed by atoms with van der Waals surface area (Å²) in [4.78, 5) is 18.9. The van der Waals surface area contributed by atoms with Crippen molar-refractivity contribution in [1.29, 1.82) is 0 Å². The van der Waals surface area contributed by atoms with E-state index in [1.807, 2.05) is 0 Å². The molecule has 1 aromatic carbocycles. The molecule has 0 amide bonds. The second-order valence-electron chi connectivity index (χ2n) is 4.42. The summed E-state index contributed by atoms with van der Waals surface area (Å²) in [6.45, 7) is 1.09. The molecule has 0 saturated heterocycles. The zero-order chi connectivity index (χ0) is 13.4. The van der Waals surface area contributed by atoms with Gasteiger partial charge in [0.25, 0.3) is 5.56 Å². The van der Waals surface area contributed by atoms with Gasteiger partial charge in [0.1, 0.15) is 11.6 Å². The molecule has 1 aliphatic heterocycles. The minimum Gasteiger partial charge on any atom is -0.310 e. The van der Waals surface area contributed by atoms with Gasteiger partial charge in [-0.25, -0.2) is 9.37 Å². The number of rotatable bonds is 2. The zero-order valence-corrected chi connectivity index (χ0v) is 10.7. The Morgan fingerprint density at radius 1 is 1.37 bits per heavy atom. The molecule has 6 heteroatoms. The van der Waals surface area contributed by atoms with E-state index < -0.39 is 5.82 Å². The number of benzene rings is 1. The lowest BCUT2D eigenvalue weighted by atomic mass is 10.1. The number of H-pyrrole nitrogens is 1. The quantitative estimate of drug-likeness (QED) is 0.881. The van der Waals surface area contributed by atoms with Crippen LogP contribution in [0.15, 0.2) is 23.0 Å². The number of aromatic amines is 1. The normalized spacial score (nSPS) is 13.6. The highest BCUT2D eigenvalue weighted by Crippen LogP contribution is 2.21. The first-order chi connectivity index (χ1) is 9.15. The molecule has 98 valence electrons. The number of nitrogens with zero attached hydrogens (tertiary/aromatic N) is 1. The molecule has 1 aromatic heterocycles. The average molecular weight is 280 g/mol. The van der Waals surface area contributed by atoms with Gasteiger partial charge < -0.3 is 10.3 Å². The third-order valence-corrected chi connectivity index (χ3v) is 3.50. The molecule has 1 aliphatic rings. The molecule has 2 heterocycles. The molecular weight excluding hydrogens is 269 g/mol. The van der Waals surface area contributed by atoms with Gasteiger partial charge in [-0.15, -0.1) is 0 Å². The number of hydrogen-bond acceptors (Lipinski definition) is 3. The van der Waals surface area contributed by atoms with Gasteiger partial charge in [-0.1, -0.05) is 17.7 Å². The molecule has 0 atom stereocenters. The number of fused-ring (bicyclic) bond motifs is 1. The number of aromatic nitrogens is 2. The van der Waals surface area contributed by atoms with Crippen molar-refractivity contribution < 1.29 is 4.39 Å². The van der Waals surface area contributed by atoms with Crippen LogP contribution >= 0.6 is 11.6 Å². The highest BCUT2D eigenvalue weighted by molar-refractivity contribution is 6.31. The lowest BCUT2D eigenvalue weighted by Gasteiger charge is -2.06. The van der Waals surface area contributed by atoms with Crippen molar-refractivity contribution in [3.63, 3.8) is 0 Å². The van der Waals surface area contributed by atoms with Crippen LogP contribution in [-0.2, 0) is 19.5 Å². The maximum absolute atomic E-state index is 13.7. The Kier molecular flexibility index (Phi) is 3.08. The predicted molar refractivity (Wildman–Crippen MR) is 69.6 cm³/mol. The SMILES string of the molecule is O=c1[nH]c(Cc2c(F)cccc2Cl)nc2c1CNC2. The van der Waals surface area contributed by atoms with Gasteiger partial charge >= 0.3 is 0 Å². The van der Waals surface area contributed by atoms with Crippen LogP contribution in [0.1, 0.15) is 22.6 Å². The number of hydrogen-bond donors (Lipinski definition) is 2. The van der Waals surface area contributed by atoms with E-state index >= 15 is 0 Å². The van der Waals surface area contributed by atoms with Crippen molar-refractivity contribution in [3.8, 4) is 0 Å². The molecule has 0 radical (unpaired) electrons. The molecule has 2 aromatic rings. The van der Waals surface area contributed by atoms with E-state index in [0.29, 0.717) is 35.1 Å². The lowest BCUT2D eigenvalue weighted by Crippen LogP contribution is -2.18. The van der Waals surface area contributed by atoms with E-state index in [1.165, 1.54) is 6.07 Å². The molecule has 0 bridgehead atoms. The first kappa shape index (κ1) is 12.3. The van der Waals surface area contributed by atoms with Gasteiger partial charge in [0.05, 0.1) is 11.3 Å². The highest BCUT2D eigenvalue weighted by Gasteiger charge is 2.17. The predicted octanol–water partition coefficient (Wildman–Crippen LogP) is 1.76. The largest absolute Gasteiger partial charge is 0.310 e. The Bertz CT molecular complexity index is 679. The summed E-state index contributed by atoms with van der Waals surface area (Å²) >= 11 is 5.96. The third kappa shape index (κ3) is 2.27. The molecule has 0 aliphatic carbocycles. The van der Waals surface area contributed by atoms with Crippen molar-refractivity contribution in [2.24, 2.45) is 0 Å². The lowest BCUT2D eigenvalue weighted by molar-refractivity contribution is 0.612. The van der Waals surface area contributed by atoms with Gasteiger partial charge in [-0.05, 0) is 12.1 Å². The van der Waals surface area contributed by atoms with Crippen LogP contribution in [0.5, 0.6) is 0 Å². The summed E-state index contributed by atoms with van der Waals surface area (Å²) in [6, 6.07) is 4.51. The van der Waals surface area contributed by atoms with E-state index in [9.17, 15) is 9.18 Å². The standard InChI is InChI=1S/C13H11ClFN3O/c14-9-2-1-3-10(15)7(9)4-12-17-11-6-16-5-8(11)13(19)18-12/h1-3,16H,4-6H2,(H,17,18,19). The van der Waals surface area contributed by atoms with Crippen LogP contribution in [0.2, 0.25) is 5.02 Å². The van der Waals surface area contributed by atoms with E-state index in [2.05, 4.69) is 15.3 Å². The molecule has 4 nitrogen and oxygen atoms in total. The second-order valence-corrected chi connectivity index (χ2v) is 4.83. The maximum atomic E-state index is 13.7. The fraction of sp³-hybridized carbons (Fsp3) is 0.231. The third-order valence-electron chi connectivity index (χ3n) is 3.15. The molecule has 0 fully saturated rings. The Labute approximate surface area is 113 Å². The Morgan fingerprint density at radius 3 is 3.00 bits per heavy atom. The zero-order valence-electron chi connectivity index (χ0n) is 9.96. The molecule has 0 saturated carbocycles. The summed E-state index contributed by atoms with van der Waals surface area (Å²) in [7, 11) is 0. The number of nitrogens with one attached hydrogen (secondary N) is 2. The second kappa shape index (κ2) is 4.75. The van der Waals surface area contributed by atoms with Gasteiger partial charge in [-0.3, -0.25) is 4.79 Å². The van der Waals surface area contributed by atoms with Gasteiger partial charge in [0.15, 0.2) is 0 Å². The summed E-state index contributed by atoms with van der Waals surface area (Å²) in [6.07, 6.45) is 0.175. The van der Waals surface area contributed by atoms with Gasteiger partial charge in [-0.2, -0.15) is 0 Å². The molecule has 3 rings (SSSR count). The minimum absolute atomic E-state index is 0.169. The summed E-state index contributed by atoms with van der Waals surface area (Å²) in [5.41, 5.74) is 1.56. The summed E-state index contributed by atoms with van der Waals surface area (Å²) < 4.78 is 13.7. The Hall–Kier alpha value is -1.72. The van der Waals surface area contributed by atoms with Crippen LogP contribution in [0.25, 0.3) is 0 Å². The van der Waals surface area contributed by atoms with Crippen LogP contribution < -0.4 is 10.9 Å². The number of halogens is 2. The highest BCUT2D eigenvalue weighted by atomic mass is 35.5. The fourth-order valence-corrected chi connectivity index (χ4v) is 2.41. The van der Waals surface area contributed by atoms with Crippen molar-refractivity contribution in [1.82, 2.24) is 15.3 Å². The summed E-state index contributed by atoms with van der Waals surface area (Å²) in [5, 5.41) is 3.39. The van der Waals surface area contributed by atoms with Crippen LogP contribution in [-0.4, -0.2) is 9.97 Å². The minimum atomic E-state index is -0.395. The van der Waals surface area contributed by atoms with Crippen LogP contribution in [0.4, 0.5) is 4.39 Å². The smallest absolute Gasteiger partial charge is 0.255 e. The van der Waals surface area contributed by atoms with Gasteiger partial charge in [0, 0.05) is 30.1 Å².